The second-order valence-electron chi connectivity index (χ2n) is 3.86. The highest BCUT2D eigenvalue weighted by Gasteiger charge is 2.12. The van der Waals surface area contributed by atoms with E-state index in [4.69, 9.17) is 4.52 Å². The van der Waals surface area contributed by atoms with Crippen molar-refractivity contribution in [3.8, 4) is 0 Å². The number of hydrogen-bond acceptors (Lipinski definition) is 5. The molecule has 6 nitrogen and oxygen atoms in total. The van der Waals surface area contributed by atoms with Crippen LogP contribution in [0.4, 0.5) is 5.69 Å². The Balaban J connectivity index is 2.07. The lowest BCUT2D eigenvalue weighted by molar-refractivity contribution is 0.0600. The van der Waals surface area contributed by atoms with E-state index < -0.39 is 11.9 Å². The summed E-state index contributed by atoms with van der Waals surface area (Å²) in [7, 11) is 1.31. The Morgan fingerprint density at radius 1 is 1.26 bits per heavy atom. The highest BCUT2D eigenvalue weighted by Crippen LogP contribution is 2.12. The lowest BCUT2D eigenvalue weighted by atomic mass is 10.2. The van der Waals surface area contributed by atoms with Crippen LogP contribution in [0, 0.1) is 6.92 Å². The Bertz CT molecular complexity index is 601. The fourth-order valence-corrected chi connectivity index (χ4v) is 1.47. The first-order chi connectivity index (χ1) is 9.10. The molecule has 1 aromatic heterocycles. The minimum Gasteiger partial charge on any atom is -0.465 e. The van der Waals surface area contributed by atoms with Crippen LogP contribution in [0.2, 0.25) is 0 Å². The van der Waals surface area contributed by atoms with E-state index in [9.17, 15) is 9.59 Å². The van der Waals surface area contributed by atoms with E-state index >= 15 is 0 Å². The molecule has 1 amide bonds. The smallest absolute Gasteiger partial charge is 0.337 e. The second kappa shape index (κ2) is 5.34. The topological polar surface area (TPSA) is 81.4 Å². The Morgan fingerprint density at radius 3 is 2.47 bits per heavy atom. The Morgan fingerprint density at radius 2 is 1.95 bits per heavy atom. The van der Waals surface area contributed by atoms with Gasteiger partial charge in [0.2, 0.25) is 5.76 Å². The largest absolute Gasteiger partial charge is 0.465 e. The van der Waals surface area contributed by atoms with Crippen LogP contribution in [0.3, 0.4) is 0 Å². The quantitative estimate of drug-likeness (QED) is 0.854. The van der Waals surface area contributed by atoms with Crippen LogP contribution in [0.25, 0.3) is 0 Å². The molecule has 0 fully saturated rings. The molecule has 0 unspecified atom stereocenters. The maximum atomic E-state index is 11.8. The number of ether oxygens (including phenoxy) is 1. The standard InChI is InChI=1S/C13H12N2O4/c1-8-7-11(19-15-8)12(16)14-10-5-3-9(4-6-10)13(17)18-2/h3-7H,1-2H3,(H,14,16). The van der Waals surface area contributed by atoms with Crippen molar-refractivity contribution in [3.63, 3.8) is 0 Å². The molecule has 0 atom stereocenters. The van der Waals surface area contributed by atoms with Crippen LogP contribution in [0.15, 0.2) is 34.9 Å². The third kappa shape index (κ3) is 2.98. The van der Waals surface area contributed by atoms with Crippen molar-refractivity contribution in [1.82, 2.24) is 5.16 Å². The highest BCUT2D eigenvalue weighted by atomic mass is 16.5. The first-order valence-electron chi connectivity index (χ1n) is 5.53. The van der Waals surface area contributed by atoms with Crippen molar-refractivity contribution in [2.24, 2.45) is 0 Å². The molecule has 0 radical (unpaired) electrons. The minimum atomic E-state index is -0.427. The molecule has 6 heteroatoms. The first kappa shape index (κ1) is 12.8. The van der Waals surface area contributed by atoms with Crippen LogP contribution >= 0.6 is 0 Å². The van der Waals surface area contributed by atoms with E-state index in [1.54, 1.807) is 31.2 Å². The molecule has 19 heavy (non-hydrogen) atoms. The van der Waals surface area contributed by atoms with Gasteiger partial charge in [0.25, 0.3) is 5.91 Å². The van der Waals surface area contributed by atoms with E-state index in [1.807, 2.05) is 0 Å². The second-order valence-corrected chi connectivity index (χ2v) is 3.86. The molecule has 1 N–H and O–H groups in total. The van der Waals surface area contributed by atoms with Crippen LogP contribution in [0.1, 0.15) is 26.6 Å². The number of aromatic nitrogens is 1. The summed E-state index contributed by atoms with van der Waals surface area (Å²) in [5, 5.41) is 6.26. The molecule has 0 aliphatic carbocycles. The average molecular weight is 260 g/mol. The van der Waals surface area contributed by atoms with E-state index in [1.165, 1.54) is 13.2 Å². The SMILES string of the molecule is COC(=O)c1ccc(NC(=O)c2cc(C)no2)cc1. The number of nitrogens with one attached hydrogen (secondary N) is 1. The van der Waals surface area contributed by atoms with Gasteiger partial charge in [-0.05, 0) is 31.2 Å². The molecule has 0 bridgehead atoms. The summed E-state index contributed by atoms with van der Waals surface area (Å²) in [6, 6.07) is 7.87. The number of rotatable bonds is 3. The van der Waals surface area contributed by atoms with Crippen molar-refractivity contribution in [1.29, 1.82) is 0 Å². The third-order valence-electron chi connectivity index (χ3n) is 2.42. The van der Waals surface area contributed by atoms with Gasteiger partial charge in [0.15, 0.2) is 0 Å². The number of carbonyl (C=O) groups excluding carboxylic acids is 2. The number of benzene rings is 1. The van der Waals surface area contributed by atoms with E-state index in [0.29, 0.717) is 16.9 Å². The maximum Gasteiger partial charge on any atom is 0.337 e. The van der Waals surface area contributed by atoms with Gasteiger partial charge in [0, 0.05) is 11.8 Å². The fraction of sp³-hybridized carbons (Fsp3) is 0.154. The fourth-order valence-electron chi connectivity index (χ4n) is 1.47. The number of amides is 1. The van der Waals surface area contributed by atoms with Crippen molar-refractivity contribution in [2.45, 2.75) is 6.92 Å². The number of aryl methyl sites for hydroxylation is 1. The molecule has 0 spiro atoms. The molecule has 0 saturated heterocycles. The molecule has 98 valence electrons. The summed E-state index contributed by atoms with van der Waals surface area (Å²) in [6.07, 6.45) is 0. The van der Waals surface area contributed by atoms with E-state index in [2.05, 4.69) is 15.2 Å². The Hall–Kier alpha value is -2.63. The van der Waals surface area contributed by atoms with E-state index in [-0.39, 0.29) is 5.76 Å². The monoisotopic (exact) mass is 260 g/mol. The van der Waals surface area contributed by atoms with Gasteiger partial charge in [-0.2, -0.15) is 0 Å². The van der Waals surface area contributed by atoms with Gasteiger partial charge in [-0.3, -0.25) is 4.79 Å². The molecule has 1 heterocycles. The zero-order valence-corrected chi connectivity index (χ0v) is 10.5. The summed E-state index contributed by atoms with van der Waals surface area (Å²) < 4.78 is 9.42. The predicted octanol–water partition coefficient (Wildman–Crippen LogP) is 2.02. The van der Waals surface area contributed by atoms with Gasteiger partial charge in [-0.15, -0.1) is 0 Å². The number of anilines is 1. The number of nitrogens with zero attached hydrogens (tertiary/aromatic N) is 1. The van der Waals surface area contributed by atoms with Gasteiger partial charge < -0.3 is 14.6 Å². The van der Waals surface area contributed by atoms with Crippen LogP contribution in [-0.4, -0.2) is 24.1 Å². The number of methoxy groups -OCH3 is 1. The molecule has 0 aliphatic heterocycles. The molecule has 2 aromatic rings. The summed E-state index contributed by atoms with van der Waals surface area (Å²) in [5.41, 5.74) is 1.59. The average Bonchev–Trinajstić information content (AvgIpc) is 2.85. The molecule has 2 rings (SSSR count). The van der Waals surface area contributed by atoms with Crippen LogP contribution < -0.4 is 5.32 Å². The van der Waals surface area contributed by atoms with Crippen molar-refractivity contribution in [3.05, 3.63) is 47.3 Å². The van der Waals surface area contributed by atoms with Gasteiger partial charge in [-0.1, -0.05) is 5.16 Å². The number of carbonyl (C=O) groups is 2. The predicted molar refractivity (Wildman–Crippen MR) is 67.0 cm³/mol. The molecular formula is C13H12N2O4. The van der Waals surface area contributed by atoms with Crippen molar-refractivity contribution in [2.75, 3.05) is 12.4 Å². The third-order valence-corrected chi connectivity index (χ3v) is 2.42. The molecule has 1 aromatic carbocycles. The normalized spacial score (nSPS) is 10.0. The number of esters is 1. The van der Waals surface area contributed by atoms with Crippen molar-refractivity contribution >= 4 is 17.6 Å². The maximum absolute atomic E-state index is 11.8. The Labute approximate surface area is 109 Å². The van der Waals surface area contributed by atoms with Crippen LogP contribution in [0.5, 0.6) is 0 Å². The summed E-state index contributed by atoms with van der Waals surface area (Å²) in [5.74, 6) is -0.690. The first-order valence-corrected chi connectivity index (χ1v) is 5.53. The lowest BCUT2D eigenvalue weighted by Crippen LogP contribution is -2.11. The zero-order chi connectivity index (χ0) is 13.8. The van der Waals surface area contributed by atoms with Gasteiger partial charge in [0.1, 0.15) is 0 Å². The Kier molecular flexibility index (Phi) is 3.61. The van der Waals surface area contributed by atoms with E-state index in [0.717, 1.165) is 0 Å². The summed E-state index contributed by atoms with van der Waals surface area (Å²) >= 11 is 0. The molecule has 0 saturated carbocycles. The minimum absolute atomic E-state index is 0.134. The number of hydrogen-bond donors (Lipinski definition) is 1. The summed E-state index contributed by atoms with van der Waals surface area (Å²) in [4.78, 5) is 23.0. The van der Waals surface area contributed by atoms with Crippen LogP contribution in [-0.2, 0) is 4.74 Å². The summed E-state index contributed by atoms with van der Waals surface area (Å²) in [6.45, 7) is 1.73. The lowest BCUT2D eigenvalue weighted by Gasteiger charge is -2.03. The highest BCUT2D eigenvalue weighted by molar-refractivity contribution is 6.02. The van der Waals surface area contributed by atoms with Gasteiger partial charge in [0.05, 0.1) is 18.4 Å². The molecule has 0 aliphatic rings. The van der Waals surface area contributed by atoms with Gasteiger partial charge >= 0.3 is 5.97 Å². The van der Waals surface area contributed by atoms with Gasteiger partial charge in [-0.25, -0.2) is 4.79 Å². The molecular weight excluding hydrogens is 248 g/mol. The zero-order valence-electron chi connectivity index (χ0n) is 10.5. The van der Waals surface area contributed by atoms with Crippen molar-refractivity contribution < 1.29 is 18.8 Å².